The summed E-state index contributed by atoms with van der Waals surface area (Å²) in [4.78, 5) is 11.1. The molecule has 0 bridgehead atoms. The van der Waals surface area contributed by atoms with Gasteiger partial charge in [0.2, 0.25) is 0 Å². The number of carbonyl (C=O) groups is 1. The van der Waals surface area contributed by atoms with E-state index in [4.69, 9.17) is 11.6 Å². The molecule has 0 radical (unpaired) electrons. The second kappa shape index (κ2) is 4.01. The number of halogens is 1. The third-order valence-corrected chi connectivity index (χ3v) is 1.79. The highest BCUT2D eigenvalue weighted by Crippen LogP contribution is 2.29. The molecule has 1 aromatic rings. The van der Waals surface area contributed by atoms with Crippen molar-refractivity contribution in [2.75, 3.05) is 17.8 Å². The fourth-order valence-corrected chi connectivity index (χ4v) is 0.990. The molecule has 15 heavy (non-hydrogen) atoms. The van der Waals surface area contributed by atoms with Crippen LogP contribution in [0.3, 0.4) is 0 Å². The molecule has 0 heterocycles. The average molecular weight is 214 g/mol. The van der Waals surface area contributed by atoms with Crippen LogP contribution in [-0.4, -0.2) is 18.2 Å². The maximum Gasteiger partial charge on any atom is 0.336 e. The summed E-state index contributed by atoms with van der Waals surface area (Å²) >= 11 is 0. The van der Waals surface area contributed by atoms with Gasteiger partial charge in [0.15, 0.2) is 0 Å². The maximum atomic E-state index is 12.9. The number of nitrogen functional groups attached to an aromatic ring is 1. The number of rotatable bonds is 1. The molecule has 0 aromatic heterocycles. The number of urea groups is 1. The Bertz CT molecular complexity index is 396. The van der Waals surface area contributed by atoms with E-state index in [1.807, 2.05) is 0 Å². The summed E-state index contributed by atoms with van der Waals surface area (Å²) < 4.78 is 12.9. The van der Waals surface area contributed by atoms with Crippen molar-refractivity contribution in [1.82, 2.24) is 5.32 Å². The van der Waals surface area contributed by atoms with Crippen molar-refractivity contribution in [3.63, 3.8) is 0 Å². The Morgan fingerprint density at radius 2 is 2.20 bits per heavy atom. The molecule has 7 heteroatoms. The molecule has 0 aliphatic heterocycles. The molecule has 6 nitrogen and oxygen atoms in total. The molecule has 0 aliphatic rings. The largest absolute Gasteiger partial charge is 0.506 e. The third kappa shape index (κ3) is 2.08. The standard InChI is InChI=1S/C8H11FN4O2/c1-12-8(15)13(11)6-3-5(10)4(9)2-7(6)14/h2-3,14H,10-11H2,1H3,(H,12,15). The van der Waals surface area contributed by atoms with Crippen molar-refractivity contribution in [3.05, 3.63) is 17.9 Å². The van der Waals surface area contributed by atoms with Crippen LogP contribution in [0.15, 0.2) is 12.1 Å². The highest BCUT2D eigenvalue weighted by atomic mass is 19.1. The van der Waals surface area contributed by atoms with Gasteiger partial charge in [-0.2, -0.15) is 0 Å². The molecule has 0 saturated heterocycles. The molecule has 2 amide bonds. The molecular weight excluding hydrogens is 203 g/mol. The van der Waals surface area contributed by atoms with E-state index >= 15 is 0 Å². The zero-order valence-electron chi connectivity index (χ0n) is 7.99. The van der Waals surface area contributed by atoms with Crippen LogP contribution in [0.1, 0.15) is 0 Å². The summed E-state index contributed by atoms with van der Waals surface area (Å²) in [5.74, 6) is 4.11. The fraction of sp³-hybridized carbons (Fsp3) is 0.125. The van der Waals surface area contributed by atoms with Crippen molar-refractivity contribution in [3.8, 4) is 5.75 Å². The van der Waals surface area contributed by atoms with E-state index in [0.717, 1.165) is 12.1 Å². The van der Waals surface area contributed by atoms with Gasteiger partial charge in [-0.1, -0.05) is 0 Å². The number of phenolic OH excluding ortho intramolecular Hbond substituents is 1. The molecule has 0 fully saturated rings. The quantitative estimate of drug-likeness (QED) is 0.175. The number of nitrogens with zero attached hydrogens (tertiary/aromatic N) is 1. The van der Waals surface area contributed by atoms with Crippen LogP contribution in [0.4, 0.5) is 20.6 Å². The second-order valence-electron chi connectivity index (χ2n) is 2.79. The van der Waals surface area contributed by atoms with E-state index in [-0.39, 0.29) is 11.4 Å². The fourth-order valence-electron chi connectivity index (χ4n) is 0.990. The van der Waals surface area contributed by atoms with Gasteiger partial charge in [-0.15, -0.1) is 0 Å². The zero-order valence-corrected chi connectivity index (χ0v) is 7.99. The van der Waals surface area contributed by atoms with Crippen molar-refractivity contribution in [2.45, 2.75) is 0 Å². The molecule has 0 aliphatic carbocycles. The van der Waals surface area contributed by atoms with Gasteiger partial charge in [-0.3, -0.25) is 0 Å². The Kier molecular flexibility index (Phi) is 2.96. The van der Waals surface area contributed by atoms with E-state index in [9.17, 15) is 14.3 Å². The monoisotopic (exact) mass is 214 g/mol. The van der Waals surface area contributed by atoms with Crippen LogP contribution in [0.25, 0.3) is 0 Å². The Labute approximate surface area is 85.2 Å². The number of nitrogens with two attached hydrogens (primary N) is 2. The Hall–Kier alpha value is -2.02. The average Bonchev–Trinajstić information content (AvgIpc) is 2.21. The Balaban J connectivity index is 3.14. The predicted octanol–water partition coefficient (Wildman–Crippen LogP) is 0.133. The first-order valence-corrected chi connectivity index (χ1v) is 4.02. The normalized spacial score (nSPS) is 9.80. The lowest BCUT2D eigenvalue weighted by Gasteiger charge is -2.17. The lowest BCUT2D eigenvalue weighted by Crippen LogP contribution is -2.43. The number of carbonyl (C=O) groups excluding carboxylic acids is 1. The second-order valence-corrected chi connectivity index (χ2v) is 2.79. The first kappa shape index (κ1) is 11.1. The number of hydrazine groups is 1. The smallest absolute Gasteiger partial charge is 0.336 e. The molecule has 1 aromatic carbocycles. The van der Waals surface area contributed by atoms with E-state index < -0.39 is 17.6 Å². The Morgan fingerprint density at radius 1 is 1.60 bits per heavy atom. The minimum atomic E-state index is -0.776. The number of hydrogen-bond donors (Lipinski definition) is 4. The van der Waals surface area contributed by atoms with E-state index in [2.05, 4.69) is 5.32 Å². The first-order valence-electron chi connectivity index (χ1n) is 4.02. The SMILES string of the molecule is CNC(=O)N(N)c1cc(N)c(F)cc1O. The molecule has 0 unspecified atom stereocenters. The van der Waals surface area contributed by atoms with Crippen molar-refractivity contribution >= 4 is 17.4 Å². The van der Waals surface area contributed by atoms with Crippen LogP contribution in [-0.2, 0) is 0 Å². The maximum absolute atomic E-state index is 12.9. The molecule has 0 saturated carbocycles. The topological polar surface area (TPSA) is 105 Å². The summed E-state index contributed by atoms with van der Waals surface area (Å²) in [5, 5.41) is 12.2. The summed E-state index contributed by atoms with van der Waals surface area (Å²) in [6.45, 7) is 0. The number of aromatic hydroxyl groups is 1. The van der Waals surface area contributed by atoms with Gasteiger partial charge in [-0.05, 0) is 6.07 Å². The first-order chi connectivity index (χ1) is 6.97. The van der Waals surface area contributed by atoms with Crippen LogP contribution in [0.2, 0.25) is 0 Å². The number of amides is 2. The van der Waals surface area contributed by atoms with Gasteiger partial charge in [0.05, 0.1) is 5.69 Å². The van der Waals surface area contributed by atoms with Crippen molar-refractivity contribution < 1.29 is 14.3 Å². The van der Waals surface area contributed by atoms with Crippen molar-refractivity contribution in [1.29, 1.82) is 0 Å². The highest BCUT2D eigenvalue weighted by Gasteiger charge is 2.16. The van der Waals surface area contributed by atoms with Crippen LogP contribution in [0.5, 0.6) is 5.75 Å². The minimum absolute atomic E-state index is 0.0757. The number of nitrogens with one attached hydrogen (secondary N) is 1. The molecule has 82 valence electrons. The molecule has 0 spiro atoms. The number of phenols is 1. The predicted molar refractivity (Wildman–Crippen MR) is 53.6 cm³/mol. The summed E-state index contributed by atoms with van der Waals surface area (Å²) in [5.41, 5.74) is 4.99. The Morgan fingerprint density at radius 3 is 2.73 bits per heavy atom. The van der Waals surface area contributed by atoms with Crippen molar-refractivity contribution in [2.24, 2.45) is 5.84 Å². The van der Waals surface area contributed by atoms with Crippen LogP contribution < -0.4 is 21.9 Å². The lowest BCUT2D eigenvalue weighted by atomic mass is 10.2. The lowest BCUT2D eigenvalue weighted by molar-refractivity contribution is 0.248. The van der Waals surface area contributed by atoms with Gasteiger partial charge in [0.25, 0.3) is 0 Å². The third-order valence-electron chi connectivity index (χ3n) is 1.79. The summed E-state index contributed by atoms with van der Waals surface area (Å²) in [6, 6.07) is 1.20. The zero-order chi connectivity index (χ0) is 11.6. The molecule has 0 atom stereocenters. The van der Waals surface area contributed by atoms with E-state index in [1.165, 1.54) is 7.05 Å². The summed E-state index contributed by atoms with van der Waals surface area (Å²) in [7, 11) is 1.37. The van der Waals surface area contributed by atoms with E-state index in [0.29, 0.717) is 5.01 Å². The van der Waals surface area contributed by atoms with Crippen LogP contribution >= 0.6 is 0 Å². The van der Waals surface area contributed by atoms with Gasteiger partial charge in [0, 0.05) is 13.1 Å². The highest BCUT2D eigenvalue weighted by molar-refractivity contribution is 5.92. The van der Waals surface area contributed by atoms with Gasteiger partial charge < -0.3 is 16.2 Å². The van der Waals surface area contributed by atoms with Crippen LogP contribution in [0, 0.1) is 5.82 Å². The number of hydrogen-bond acceptors (Lipinski definition) is 4. The van der Waals surface area contributed by atoms with Gasteiger partial charge in [-0.25, -0.2) is 20.0 Å². The molecule has 6 N–H and O–H groups in total. The number of benzene rings is 1. The minimum Gasteiger partial charge on any atom is -0.506 e. The number of anilines is 2. The van der Waals surface area contributed by atoms with Gasteiger partial charge in [0.1, 0.15) is 17.3 Å². The van der Waals surface area contributed by atoms with Gasteiger partial charge >= 0.3 is 6.03 Å². The molecule has 1 rings (SSSR count). The summed E-state index contributed by atoms with van der Waals surface area (Å²) in [6.07, 6.45) is 0. The molecular formula is C8H11FN4O2. The van der Waals surface area contributed by atoms with E-state index in [1.54, 1.807) is 0 Å².